The summed E-state index contributed by atoms with van der Waals surface area (Å²) in [4.78, 5) is 36.8. The van der Waals surface area contributed by atoms with Crippen LogP contribution in [0.5, 0.6) is 0 Å². The maximum Gasteiger partial charge on any atom is 2.00 e. The Morgan fingerprint density at radius 1 is 0.606 bits per heavy atom. The topological polar surface area (TPSA) is 132 Å². The van der Waals surface area contributed by atoms with Gasteiger partial charge in [-0.2, -0.15) is 0 Å². The van der Waals surface area contributed by atoms with Gasteiger partial charge in [-0.15, -0.1) is 0 Å². The van der Waals surface area contributed by atoms with E-state index in [1.54, 1.807) is 26.0 Å². The predicted octanol–water partition coefficient (Wildman–Crippen LogP) is 1.63. The van der Waals surface area contributed by atoms with Crippen LogP contribution in [-0.4, -0.2) is 31.9 Å². The molecule has 0 spiro atoms. The molecule has 33 heavy (non-hydrogen) atoms. The molecule has 0 atom stereocenters. The van der Waals surface area contributed by atoms with Gasteiger partial charge < -0.3 is 19.8 Å². The minimum atomic E-state index is -1.36. The average Bonchev–Trinajstić information content (AvgIpc) is 2.80. The van der Waals surface area contributed by atoms with Gasteiger partial charge in [0, 0.05) is 22.5 Å². The second kappa shape index (κ2) is 11.7. The normalized spacial score (nSPS) is 9.76. The van der Waals surface area contributed by atoms with Gasteiger partial charge in [-0.05, 0) is 26.0 Å². The van der Waals surface area contributed by atoms with Crippen molar-refractivity contribution in [1.82, 2.24) is 19.9 Å². The molecule has 0 fully saturated rings. The Kier molecular flexibility index (Phi) is 9.03. The first-order valence-electron chi connectivity index (χ1n) is 9.58. The number of nitrogens with zero attached hydrogens (tertiary/aromatic N) is 4. The van der Waals surface area contributed by atoms with Crippen molar-refractivity contribution >= 4 is 11.9 Å². The summed E-state index contributed by atoms with van der Waals surface area (Å²) < 4.78 is 0. The molecule has 0 N–H and O–H groups in total. The summed E-state index contributed by atoms with van der Waals surface area (Å²) in [6.07, 6.45) is 0. The Morgan fingerprint density at radius 3 is 1.24 bits per heavy atom. The van der Waals surface area contributed by atoms with Crippen molar-refractivity contribution in [3.63, 3.8) is 0 Å². The molecule has 8 nitrogen and oxygen atoms in total. The molecular weight excluding hydrogens is 601 g/mol. The zero-order valence-electron chi connectivity index (χ0n) is 17.7. The van der Waals surface area contributed by atoms with E-state index in [9.17, 15) is 19.8 Å². The van der Waals surface area contributed by atoms with Crippen molar-refractivity contribution < 1.29 is 39.9 Å². The molecule has 0 aliphatic rings. The van der Waals surface area contributed by atoms with E-state index in [4.69, 9.17) is 0 Å². The average molecular weight is 619 g/mol. The van der Waals surface area contributed by atoms with E-state index in [0.717, 1.165) is 11.1 Å². The van der Waals surface area contributed by atoms with Crippen molar-refractivity contribution in [2.75, 3.05) is 0 Å². The Labute approximate surface area is 203 Å². The fourth-order valence-corrected chi connectivity index (χ4v) is 2.83. The maximum atomic E-state index is 10.7. The second-order valence-electron chi connectivity index (χ2n) is 6.74. The molecule has 0 aliphatic carbocycles. The van der Waals surface area contributed by atoms with Crippen LogP contribution < -0.4 is 10.2 Å². The summed E-state index contributed by atoms with van der Waals surface area (Å²) in [7, 11) is 0. The number of aromatic nitrogens is 4. The molecule has 0 amide bonds. The van der Waals surface area contributed by atoms with E-state index in [1.807, 2.05) is 60.7 Å². The Morgan fingerprint density at radius 2 is 0.939 bits per heavy atom. The minimum absolute atomic E-state index is 0. The summed E-state index contributed by atoms with van der Waals surface area (Å²) in [5.41, 5.74) is 4.10. The Bertz CT molecular complexity index is 1150. The fourth-order valence-electron chi connectivity index (χ4n) is 2.83. The zero-order chi connectivity index (χ0) is 23.1. The van der Waals surface area contributed by atoms with Gasteiger partial charge in [-0.3, -0.25) is 0 Å². The molecule has 0 bridgehead atoms. The Balaban J connectivity index is 0.000000227. The number of aromatic carboxylic acids is 2. The van der Waals surface area contributed by atoms with E-state index < -0.39 is 11.9 Å². The summed E-state index contributed by atoms with van der Waals surface area (Å²) >= 11 is 0. The number of benzene rings is 2. The Hall–Kier alpha value is -3.81. The summed E-state index contributed by atoms with van der Waals surface area (Å²) in [5, 5.41) is 21.4. The third kappa shape index (κ3) is 7.10. The van der Waals surface area contributed by atoms with Crippen LogP contribution in [0.15, 0.2) is 72.8 Å². The van der Waals surface area contributed by atoms with Crippen molar-refractivity contribution in [2.24, 2.45) is 0 Å². The summed E-state index contributed by atoms with van der Waals surface area (Å²) in [5.74, 6) is -3.28. The third-order valence-electron chi connectivity index (χ3n) is 4.21. The SMILES string of the molecule is Cc1cc(-c2ccccc2)nc(C(=O)[O-])n1.Cc1cc(-c2ccccc2)nc(C(=O)[O-])n1.[Ir+2]. The first kappa shape index (κ1) is 25.4. The van der Waals surface area contributed by atoms with Crippen molar-refractivity contribution in [3.8, 4) is 22.5 Å². The van der Waals surface area contributed by atoms with Gasteiger partial charge in [0.1, 0.15) is 11.9 Å². The number of aryl methyl sites for hydroxylation is 2. The van der Waals surface area contributed by atoms with Crippen LogP contribution in [0.1, 0.15) is 32.6 Å². The number of carboxylic acids is 2. The fraction of sp³-hybridized carbons (Fsp3) is 0.0833. The molecule has 167 valence electrons. The number of carboxylic acid groups (broad SMARTS) is 2. The number of carbonyl (C=O) groups is 2. The van der Waals surface area contributed by atoms with Gasteiger partial charge in [0.15, 0.2) is 11.6 Å². The van der Waals surface area contributed by atoms with Crippen molar-refractivity contribution in [3.05, 3.63) is 95.8 Å². The van der Waals surface area contributed by atoms with Crippen LogP contribution in [0.4, 0.5) is 0 Å². The van der Waals surface area contributed by atoms with E-state index in [1.165, 1.54) is 0 Å². The van der Waals surface area contributed by atoms with Crippen LogP contribution >= 0.6 is 0 Å². The largest absolute Gasteiger partial charge is 2.00 e. The third-order valence-corrected chi connectivity index (χ3v) is 4.21. The molecule has 4 rings (SSSR count). The van der Waals surface area contributed by atoms with Crippen LogP contribution in [0, 0.1) is 13.8 Å². The number of carbonyl (C=O) groups excluding carboxylic acids is 2. The van der Waals surface area contributed by atoms with Gasteiger partial charge in [-0.25, -0.2) is 19.9 Å². The predicted molar refractivity (Wildman–Crippen MR) is 113 cm³/mol. The first-order valence-corrected chi connectivity index (χ1v) is 9.58. The number of hydrogen-bond acceptors (Lipinski definition) is 8. The quantitative estimate of drug-likeness (QED) is 0.337. The molecule has 1 radical (unpaired) electrons. The van der Waals surface area contributed by atoms with E-state index in [-0.39, 0.29) is 31.8 Å². The van der Waals surface area contributed by atoms with Crippen LogP contribution in [-0.2, 0) is 20.1 Å². The molecule has 0 saturated carbocycles. The second-order valence-corrected chi connectivity index (χ2v) is 6.74. The first-order chi connectivity index (χ1) is 15.3. The van der Waals surface area contributed by atoms with E-state index in [2.05, 4.69) is 19.9 Å². The smallest absolute Gasteiger partial charge is 0.542 e. The molecule has 0 saturated heterocycles. The molecule has 0 aliphatic heterocycles. The molecule has 2 heterocycles. The number of rotatable bonds is 4. The van der Waals surface area contributed by atoms with E-state index in [0.29, 0.717) is 22.8 Å². The van der Waals surface area contributed by atoms with Gasteiger partial charge in [0.2, 0.25) is 0 Å². The summed E-state index contributed by atoms with van der Waals surface area (Å²) in [6.45, 7) is 3.45. The molecule has 2 aromatic carbocycles. The van der Waals surface area contributed by atoms with Gasteiger partial charge >= 0.3 is 20.1 Å². The monoisotopic (exact) mass is 619 g/mol. The van der Waals surface area contributed by atoms with Crippen molar-refractivity contribution in [1.29, 1.82) is 0 Å². The minimum Gasteiger partial charge on any atom is -0.542 e. The van der Waals surface area contributed by atoms with Gasteiger partial charge in [0.25, 0.3) is 0 Å². The van der Waals surface area contributed by atoms with Gasteiger partial charge in [-0.1, -0.05) is 60.7 Å². The van der Waals surface area contributed by atoms with Crippen molar-refractivity contribution in [2.45, 2.75) is 13.8 Å². The standard InChI is InChI=1S/2C12H10N2O2.Ir/c2*1-8-7-10(9-5-3-2-4-6-9)14-11(13-8)12(15)16;/h2*2-7H,1H3,(H,15,16);/q;;+2/p-2. The summed E-state index contributed by atoms with van der Waals surface area (Å²) in [6, 6.07) is 22.2. The molecule has 2 aromatic heterocycles. The molecule has 9 heteroatoms. The van der Waals surface area contributed by atoms with Crippen LogP contribution in [0.2, 0.25) is 0 Å². The molecule has 4 aromatic rings. The maximum absolute atomic E-state index is 10.7. The molecular formula is C24H18IrN4O4. The molecule has 0 unspecified atom stereocenters. The van der Waals surface area contributed by atoms with Crippen LogP contribution in [0.25, 0.3) is 22.5 Å². The van der Waals surface area contributed by atoms with Gasteiger partial charge in [0.05, 0.1) is 11.4 Å². The van der Waals surface area contributed by atoms with E-state index >= 15 is 0 Å². The van der Waals surface area contributed by atoms with Crippen LogP contribution in [0.3, 0.4) is 0 Å². The zero-order valence-corrected chi connectivity index (χ0v) is 20.1. The number of hydrogen-bond donors (Lipinski definition) is 0.